The quantitative estimate of drug-likeness (QED) is 0.742. The van der Waals surface area contributed by atoms with Gasteiger partial charge < -0.3 is 10.1 Å². The summed E-state index contributed by atoms with van der Waals surface area (Å²) in [5, 5.41) is 13.3. The molecule has 1 saturated heterocycles. The second-order valence-electron chi connectivity index (χ2n) is 7.13. The van der Waals surface area contributed by atoms with Crippen molar-refractivity contribution in [3.8, 4) is 17.3 Å². The van der Waals surface area contributed by atoms with Crippen LogP contribution in [0.2, 0.25) is 0 Å². The van der Waals surface area contributed by atoms with Crippen LogP contribution >= 0.6 is 0 Å². The largest absolute Gasteiger partial charge is 0.379 e. The normalized spacial score (nSPS) is 14.5. The van der Waals surface area contributed by atoms with Crippen LogP contribution in [0, 0.1) is 11.3 Å². The van der Waals surface area contributed by atoms with Crippen LogP contribution in [0.15, 0.2) is 48.5 Å². The molecule has 0 atom stereocenters. The lowest BCUT2D eigenvalue weighted by Crippen LogP contribution is -2.35. The van der Waals surface area contributed by atoms with E-state index in [-0.39, 0.29) is 5.91 Å². The van der Waals surface area contributed by atoms with Gasteiger partial charge in [0, 0.05) is 37.5 Å². The highest BCUT2D eigenvalue weighted by molar-refractivity contribution is 5.91. The van der Waals surface area contributed by atoms with Crippen LogP contribution < -0.4 is 5.32 Å². The Morgan fingerprint density at radius 2 is 2.00 bits per heavy atom. The van der Waals surface area contributed by atoms with Gasteiger partial charge >= 0.3 is 0 Å². The zero-order valence-corrected chi connectivity index (χ0v) is 16.3. The van der Waals surface area contributed by atoms with E-state index in [1.807, 2.05) is 24.3 Å². The van der Waals surface area contributed by atoms with E-state index >= 15 is 0 Å². The highest BCUT2D eigenvalue weighted by atomic mass is 16.5. The van der Waals surface area contributed by atoms with E-state index in [1.165, 1.54) is 12.5 Å². The molecule has 4 rings (SSSR count). The van der Waals surface area contributed by atoms with E-state index in [1.54, 1.807) is 12.1 Å². The van der Waals surface area contributed by atoms with E-state index in [0.717, 1.165) is 55.0 Å². The molecule has 1 amide bonds. The lowest BCUT2D eigenvalue weighted by Gasteiger charge is -2.27. The first-order valence-electron chi connectivity index (χ1n) is 9.65. The van der Waals surface area contributed by atoms with Gasteiger partial charge in [-0.25, -0.2) is 4.98 Å². The van der Waals surface area contributed by atoms with Gasteiger partial charge in [-0.1, -0.05) is 24.3 Å². The highest BCUT2D eigenvalue weighted by Crippen LogP contribution is 2.28. The second kappa shape index (κ2) is 8.39. The number of amides is 1. The summed E-state index contributed by atoms with van der Waals surface area (Å²) in [7, 11) is 0. The molecule has 146 valence electrons. The molecule has 2 heterocycles. The maximum Gasteiger partial charge on any atom is 0.221 e. The van der Waals surface area contributed by atoms with Crippen molar-refractivity contribution >= 4 is 22.5 Å². The number of hydrogen-bond donors (Lipinski definition) is 1. The summed E-state index contributed by atoms with van der Waals surface area (Å²) >= 11 is 0. The van der Waals surface area contributed by atoms with Gasteiger partial charge in [-0.15, -0.1) is 0 Å². The first-order chi connectivity index (χ1) is 14.1. The third-order valence-corrected chi connectivity index (χ3v) is 5.05. The van der Waals surface area contributed by atoms with Crippen LogP contribution in [-0.2, 0) is 16.1 Å². The Balaban J connectivity index is 1.76. The van der Waals surface area contributed by atoms with Crippen molar-refractivity contribution in [2.45, 2.75) is 13.5 Å². The fraction of sp³-hybridized carbons (Fsp3) is 0.261. The highest BCUT2D eigenvalue weighted by Gasteiger charge is 2.15. The molecule has 1 aliphatic rings. The topological polar surface area (TPSA) is 78.2 Å². The van der Waals surface area contributed by atoms with Crippen LogP contribution in [0.5, 0.6) is 0 Å². The number of carbonyl (C=O) groups excluding carboxylic acids is 1. The molecule has 1 aromatic heterocycles. The number of nitrogens with one attached hydrogen (secondary N) is 1. The third-order valence-electron chi connectivity index (χ3n) is 5.05. The number of fused-ring (bicyclic) bond motifs is 1. The molecule has 29 heavy (non-hydrogen) atoms. The van der Waals surface area contributed by atoms with Crippen molar-refractivity contribution in [3.63, 3.8) is 0 Å². The molecule has 0 aliphatic carbocycles. The van der Waals surface area contributed by atoms with Gasteiger partial charge in [-0.3, -0.25) is 9.69 Å². The van der Waals surface area contributed by atoms with E-state index in [4.69, 9.17) is 9.72 Å². The van der Waals surface area contributed by atoms with Crippen molar-refractivity contribution < 1.29 is 9.53 Å². The van der Waals surface area contributed by atoms with E-state index in [2.05, 4.69) is 28.4 Å². The van der Waals surface area contributed by atoms with Crippen LogP contribution in [-0.4, -0.2) is 42.1 Å². The molecule has 0 unspecified atom stereocenters. The number of nitrogens with zero attached hydrogens (tertiary/aromatic N) is 3. The number of pyridine rings is 1. The van der Waals surface area contributed by atoms with Crippen LogP contribution in [0.25, 0.3) is 22.2 Å². The predicted molar refractivity (Wildman–Crippen MR) is 112 cm³/mol. The van der Waals surface area contributed by atoms with Crippen molar-refractivity contribution in [3.05, 3.63) is 59.7 Å². The standard InChI is InChI=1S/C23H22N4O2/c1-16(28)25-21-7-6-17(12-18(21)14-24)23-13-19(15-27-8-10-29-11-9-27)20-4-2-3-5-22(20)26-23/h2-7,12-13H,8-11,15H2,1H3,(H,25,28). The van der Waals surface area contributed by atoms with Crippen molar-refractivity contribution in [1.29, 1.82) is 5.26 Å². The molecule has 0 saturated carbocycles. The molecule has 1 aliphatic heterocycles. The lowest BCUT2D eigenvalue weighted by molar-refractivity contribution is -0.114. The molecule has 0 radical (unpaired) electrons. The summed E-state index contributed by atoms with van der Waals surface area (Å²) in [5.41, 5.74) is 4.73. The zero-order valence-electron chi connectivity index (χ0n) is 16.3. The first kappa shape index (κ1) is 19.1. The summed E-state index contributed by atoms with van der Waals surface area (Å²) in [6.45, 7) is 5.59. The summed E-state index contributed by atoms with van der Waals surface area (Å²) in [6.07, 6.45) is 0. The Morgan fingerprint density at radius 1 is 1.21 bits per heavy atom. The Labute approximate surface area is 169 Å². The number of aromatic nitrogens is 1. The van der Waals surface area contributed by atoms with E-state index < -0.39 is 0 Å². The number of anilines is 1. The molecule has 2 aromatic carbocycles. The molecule has 1 N–H and O–H groups in total. The molecular formula is C23H22N4O2. The van der Waals surface area contributed by atoms with Gasteiger partial charge in [0.1, 0.15) is 6.07 Å². The number of ether oxygens (including phenoxy) is 1. The lowest BCUT2D eigenvalue weighted by atomic mass is 10.0. The van der Waals surface area contributed by atoms with Gasteiger partial charge in [0.2, 0.25) is 5.91 Å². The summed E-state index contributed by atoms with van der Waals surface area (Å²) in [6, 6.07) is 17.8. The first-order valence-corrected chi connectivity index (χ1v) is 9.65. The van der Waals surface area contributed by atoms with E-state index in [9.17, 15) is 10.1 Å². The SMILES string of the molecule is CC(=O)Nc1ccc(-c2cc(CN3CCOCC3)c3ccccc3n2)cc1C#N. The Kier molecular flexibility index (Phi) is 5.52. The summed E-state index contributed by atoms with van der Waals surface area (Å²) in [5.74, 6) is -0.203. The molecule has 1 fully saturated rings. The number of morpholine rings is 1. The Morgan fingerprint density at radius 3 is 2.76 bits per heavy atom. The number of para-hydroxylation sites is 1. The van der Waals surface area contributed by atoms with Gasteiger partial charge in [-0.2, -0.15) is 5.26 Å². The minimum absolute atomic E-state index is 0.203. The number of carbonyl (C=O) groups is 1. The third kappa shape index (κ3) is 4.27. The summed E-state index contributed by atoms with van der Waals surface area (Å²) < 4.78 is 5.47. The minimum atomic E-state index is -0.203. The minimum Gasteiger partial charge on any atom is -0.379 e. The number of hydrogen-bond acceptors (Lipinski definition) is 5. The fourth-order valence-electron chi connectivity index (χ4n) is 3.62. The second-order valence-corrected chi connectivity index (χ2v) is 7.13. The van der Waals surface area contributed by atoms with Gasteiger partial charge in [-0.05, 0) is 29.8 Å². The maximum absolute atomic E-state index is 11.4. The molecule has 6 heteroatoms. The maximum atomic E-state index is 11.4. The van der Waals surface area contributed by atoms with Gasteiger partial charge in [0.05, 0.1) is 35.7 Å². The number of benzene rings is 2. The monoisotopic (exact) mass is 386 g/mol. The van der Waals surface area contributed by atoms with E-state index in [0.29, 0.717) is 11.3 Å². The average Bonchev–Trinajstić information content (AvgIpc) is 2.74. The fourth-order valence-corrected chi connectivity index (χ4v) is 3.62. The predicted octanol–water partition coefficient (Wildman–Crippen LogP) is 3.56. The number of rotatable bonds is 4. The Bertz CT molecular complexity index is 1100. The Hall–Kier alpha value is -3.27. The van der Waals surface area contributed by atoms with Crippen LogP contribution in [0.3, 0.4) is 0 Å². The van der Waals surface area contributed by atoms with Crippen LogP contribution in [0.4, 0.5) is 5.69 Å². The molecule has 6 nitrogen and oxygen atoms in total. The summed E-state index contributed by atoms with van der Waals surface area (Å²) in [4.78, 5) is 18.6. The van der Waals surface area contributed by atoms with Crippen molar-refractivity contribution in [2.75, 3.05) is 31.6 Å². The van der Waals surface area contributed by atoms with Gasteiger partial charge in [0.15, 0.2) is 0 Å². The zero-order chi connectivity index (χ0) is 20.2. The van der Waals surface area contributed by atoms with Gasteiger partial charge in [0.25, 0.3) is 0 Å². The van der Waals surface area contributed by atoms with Crippen LogP contribution in [0.1, 0.15) is 18.1 Å². The molecule has 0 bridgehead atoms. The van der Waals surface area contributed by atoms with Crippen molar-refractivity contribution in [2.24, 2.45) is 0 Å². The van der Waals surface area contributed by atoms with Crippen molar-refractivity contribution in [1.82, 2.24) is 9.88 Å². The molecular weight excluding hydrogens is 364 g/mol. The average molecular weight is 386 g/mol. The molecule has 0 spiro atoms. The smallest absolute Gasteiger partial charge is 0.221 e. The number of nitriles is 1. The molecule has 3 aromatic rings.